The number of benzene rings is 1. The number of rotatable bonds is 7. The van der Waals surface area contributed by atoms with Gasteiger partial charge < -0.3 is 15.7 Å². The second-order valence-electron chi connectivity index (χ2n) is 7.22. The first-order chi connectivity index (χ1) is 11.8. The third-order valence-corrected chi connectivity index (χ3v) is 4.30. The molecule has 0 atom stereocenters. The molecule has 0 spiro atoms. The Morgan fingerprint density at radius 3 is 2.68 bits per heavy atom. The van der Waals surface area contributed by atoms with E-state index in [9.17, 15) is 9.59 Å². The molecule has 2 aromatic rings. The van der Waals surface area contributed by atoms with Crippen LogP contribution in [0.3, 0.4) is 0 Å². The maximum absolute atomic E-state index is 12.6. The van der Waals surface area contributed by atoms with Crippen molar-refractivity contribution in [3.8, 4) is 0 Å². The molecule has 1 fully saturated rings. The van der Waals surface area contributed by atoms with Crippen molar-refractivity contribution in [3.63, 3.8) is 0 Å². The fourth-order valence-corrected chi connectivity index (χ4v) is 2.75. The van der Waals surface area contributed by atoms with Crippen LogP contribution in [0.25, 0.3) is 10.9 Å². The third kappa shape index (κ3) is 4.47. The van der Waals surface area contributed by atoms with Crippen molar-refractivity contribution in [1.82, 2.24) is 10.3 Å². The number of fused-ring (bicyclic) bond motifs is 1. The van der Waals surface area contributed by atoms with Gasteiger partial charge in [-0.05, 0) is 45.2 Å². The molecule has 1 amide bonds. The highest BCUT2D eigenvalue weighted by molar-refractivity contribution is 6.07. The van der Waals surface area contributed by atoms with Gasteiger partial charge in [-0.3, -0.25) is 9.59 Å². The molecule has 1 aliphatic rings. The summed E-state index contributed by atoms with van der Waals surface area (Å²) >= 11 is 0. The minimum Gasteiger partial charge on any atom is -0.481 e. The van der Waals surface area contributed by atoms with E-state index in [-0.39, 0.29) is 18.4 Å². The molecule has 0 bridgehead atoms. The lowest BCUT2D eigenvalue weighted by Gasteiger charge is -2.26. The summed E-state index contributed by atoms with van der Waals surface area (Å²) < 4.78 is 0. The highest BCUT2D eigenvalue weighted by Crippen LogP contribution is 2.26. The second kappa shape index (κ2) is 6.70. The molecule has 0 saturated heterocycles. The summed E-state index contributed by atoms with van der Waals surface area (Å²) in [6, 6.07) is 9.58. The van der Waals surface area contributed by atoms with Crippen LogP contribution in [0.5, 0.6) is 0 Å². The molecule has 1 saturated carbocycles. The van der Waals surface area contributed by atoms with Crippen LogP contribution in [0.1, 0.15) is 49.9 Å². The first-order valence-electron chi connectivity index (χ1n) is 8.55. The number of nitrogens with one attached hydrogen (secondary N) is 2. The standard InChI is InChI=1S/C19H23N3O3/c1-19(2,10-9-17(23)24)22-16-11-14(18(25)20-12-7-8-12)13-5-3-4-6-15(13)21-16/h3-6,11-12H,7-10H2,1-2H3,(H,20,25)(H,21,22)(H,23,24). The number of hydrogen-bond acceptors (Lipinski definition) is 4. The van der Waals surface area contributed by atoms with Crippen LogP contribution >= 0.6 is 0 Å². The van der Waals surface area contributed by atoms with E-state index in [1.807, 2.05) is 38.1 Å². The minimum atomic E-state index is -0.828. The van der Waals surface area contributed by atoms with E-state index in [1.54, 1.807) is 6.07 Å². The molecular weight excluding hydrogens is 318 g/mol. The first kappa shape index (κ1) is 17.2. The van der Waals surface area contributed by atoms with E-state index in [2.05, 4.69) is 15.6 Å². The number of para-hydroxylation sites is 1. The Balaban J connectivity index is 1.90. The van der Waals surface area contributed by atoms with E-state index in [0.717, 1.165) is 23.7 Å². The highest BCUT2D eigenvalue weighted by atomic mass is 16.4. The zero-order valence-electron chi connectivity index (χ0n) is 14.5. The number of carboxylic acid groups (broad SMARTS) is 1. The summed E-state index contributed by atoms with van der Waals surface area (Å²) in [5, 5.41) is 16.0. The Hall–Kier alpha value is -2.63. The number of aromatic nitrogens is 1. The van der Waals surface area contributed by atoms with Crippen molar-refractivity contribution in [2.45, 2.75) is 51.1 Å². The van der Waals surface area contributed by atoms with Gasteiger partial charge in [0.2, 0.25) is 0 Å². The lowest BCUT2D eigenvalue weighted by molar-refractivity contribution is -0.137. The maximum atomic E-state index is 12.6. The van der Waals surface area contributed by atoms with Crippen molar-refractivity contribution >= 4 is 28.6 Å². The quantitative estimate of drug-likeness (QED) is 0.719. The number of carbonyl (C=O) groups excluding carboxylic acids is 1. The number of hydrogen-bond donors (Lipinski definition) is 3. The number of carboxylic acids is 1. The van der Waals surface area contributed by atoms with Gasteiger partial charge >= 0.3 is 5.97 Å². The van der Waals surface area contributed by atoms with Crippen LogP contribution in [-0.2, 0) is 4.79 Å². The van der Waals surface area contributed by atoms with Crippen molar-refractivity contribution < 1.29 is 14.7 Å². The van der Waals surface area contributed by atoms with E-state index < -0.39 is 11.5 Å². The molecule has 3 N–H and O–H groups in total. The Morgan fingerprint density at radius 1 is 1.28 bits per heavy atom. The molecule has 3 rings (SSSR count). The topological polar surface area (TPSA) is 91.3 Å². The number of carbonyl (C=O) groups is 2. The van der Waals surface area contributed by atoms with Crippen LogP contribution in [0.4, 0.5) is 5.82 Å². The summed E-state index contributed by atoms with van der Waals surface area (Å²) in [6.07, 6.45) is 2.59. The fraction of sp³-hybridized carbons (Fsp3) is 0.421. The van der Waals surface area contributed by atoms with E-state index in [4.69, 9.17) is 5.11 Å². The maximum Gasteiger partial charge on any atom is 0.303 e. The monoisotopic (exact) mass is 341 g/mol. The lowest BCUT2D eigenvalue weighted by atomic mass is 9.98. The van der Waals surface area contributed by atoms with E-state index in [1.165, 1.54) is 0 Å². The molecule has 1 aliphatic carbocycles. The summed E-state index contributed by atoms with van der Waals surface area (Å²) in [6.45, 7) is 3.85. The van der Waals surface area contributed by atoms with E-state index >= 15 is 0 Å². The predicted octanol–water partition coefficient (Wildman–Crippen LogP) is 3.18. The van der Waals surface area contributed by atoms with Gasteiger partial charge in [-0.15, -0.1) is 0 Å². The molecular formula is C19H23N3O3. The summed E-state index contributed by atoms with van der Waals surface area (Å²) in [7, 11) is 0. The average molecular weight is 341 g/mol. The van der Waals surface area contributed by atoms with E-state index in [0.29, 0.717) is 17.8 Å². The zero-order valence-corrected chi connectivity index (χ0v) is 14.5. The van der Waals surface area contributed by atoms with Crippen molar-refractivity contribution in [2.75, 3.05) is 5.32 Å². The smallest absolute Gasteiger partial charge is 0.303 e. The fourth-order valence-electron chi connectivity index (χ4n) is 2.75. The summed E-state index contributed by atoms with van der Waals surface area (Å²) in [5.74, 6) is -0.339. The summed E-state index contributed by atoms with van der Waals surface area (Å²) in [4.78, 5) is 28.0. The zero-order chi connectivity index (χ0) is 18.0. The van der Waals surface area contributed by atoms with Gasteiger partial charge in [0.15, 0.2) is 0 Å². The van der Waals surface area contributed by atoms with Crippen molar-refractivity contribution in [1.29, 1.82) is 0 Å². The van der Waals surface area contributed by atoms with Gasteiger partial charge in [-0.25, -0.2) is 4.98 Å². The summed E-state index contributed by atoms with van der Waals surface area (Å²) in [5.41, 5.74) is 0.884. The third-order valence-electron chi connectivity index (χ3n) is 4.30. The number of aliphatic carboxylic acids is 1. The molecule has 0 unspecified atom stereocenters. The Kier molecular flexibility index (Phi) is 4.61. The average Bonchev–Trinajstić information content (AvgIpc) is 3.36. The van der Waals surface area contributed by atoms with Gasteiger partial charge in [0.05, 0.1) is 11.1 Å². The van der Waals surface area contributed by atoms with Gasteiger partial charge in [0.25, 0.3) is 5.91 Å². The van der Waals surface area contributed by atoms with Crippen LogP contribution in [0, 0.1) is 0 Å². The van der Waals surface area contributed by atoms with Crippen LogP contribution < -0.4 is 10.6 Å². The van der Waals surface area contributed by atoms with Crippen molar-refractivity contribution in [2.24, 2.45) is 0 Å². The minimum absolute atomic E-state index is 0.0720. The molecule has 0 radical (unpaired) electrons. The molecule has 1 aromatic carbocycles. The van der Waals surface area contributed by atoms with Gasteiger partial charge in [-0.2, -0.15) is 0 Å². The highest BCUT2D eigenvalue weighted by Gasteiger charge is 2.26. The molecule has 6 heteroatoms. The largest absolute Gasteiger partial charge is 0.481 e. The molecule has 6 nitrogen and oxygen atoms in total. The van der Waals surface area contributed by atoms with Crippen LogP contribution in [0.15, 0.2) is 30.3 Å². The number of amides is 1. The van der Waals surface area contributed by atoms with Crippen LogP contribution in [0.2, 0.25) is 0 Å². The number of anilines is 1. The van der Waals surface area contributed by atoms with Crippen LogP contribution in [-0.4, -0.2) is 33.5 Å². The van der Waals surface area contributed by atoms with Gasteiger partial charge in [0.1, 0.15) is 5.82 Å². The molecule has 25 heavy (non-hydrogen) atoms. The van der Waals surface area contributed by atoms with Gasteiger partial charge in [0, 0.05) is 23.4 Å². The predicted molar refractivity (Wildman–Crippen MR) is 96.8 cm³/mol. The Morgan fingerprint density at radius 2 is 2.00 bits per heavy atom. The molecule has 1 heterocycles. The SMILES string of the molecule is CC(C)(CCC(=O)O)Nc1cc(C(=O)NC2CC2)c2ccccc2n1. The van der Waals surface area contributed by atoms with Gasteiger partial charge in [-0.1, -0.05) is 18.2 Å². The Labute approximate surface area is 146 Å². The van der Waals surface area contributed by atoms with Crippen molar-refractivity contribution in [3.05, 3.63) is 35.9 Å². The molecule has 0 aliphatic heterocycles. The Bertz CT molecular complexity index is 813. The molecule has 1 aromatic heterocycles. The lowest BCUT2D eigenvalue weighted by Crippen LogP contribution is -2.32. The first-order valence-corrected chi connectivity index (χ1v) is 8.55. The normalized spacial score (nSPS) is 14.3. The second-order valence-corrected chi connectivity index (χ2v) is 7.22. The molecule has 132 valence electrons. The number of nitrogens with zero attached hydrogens (tertiary/aromatic N) is 1. The number of pyridine rings is 1.